The molecular formula is C23H19ClN2O4S. The molecule has 1 aromatic heterocycles. The maximum atomic E-state index is 12.4. The molecule has 0 saturated heterocycles. The van der Waals surface area contributed by atoms with Crippen LogP contribution in [0, 0.1) is 6.92 Å². The first-order valence-electron chi connectivity index (χ1n) is 9.43. The van der Waals surface area contributed by atoms with Crippen LogP contribution in [0.5, 0.6) is 0 Å². The summed E-state index contributed by atoms with van der Waals surface area (Å²) in [4.78, 5) is 11.4. The molecule has 158 valence electrons. The van der Waals surface area contributed by atoms with Crippen LogP contribution < -0.4 is 4.31 Å². The molecule has 0 aliphatic rings. The highest BCUT2D eigenvalue weighted by atomic mass is 35.5. The molecule has 0 amide bonds. The number of benzene rings is 3. The highest BCUT2D eigenvalue weighted by molar-refractivity contribution is 7.81. The van der Waals surface area contributed by atoms with Crippen molar-refractivity contribution in [2.45, 2.75) is 13.5 Å². The second-order valence-electron chi connectivity index (χ2n) is 7.01. The summed E-state index contributed by atoms with van der Waals surface area (Å²) in [7, 11) is 0. The maximum Gasteiger partial charge on any atom is 0.323 e. The highest BCUT2D eigenvalue weighted by Gasteiger charge is 2.25. The maximum absolute atomic E-state index is 12.4. The molecule has 0 aliphatic carbocycles. The molecule has 0 saturated carbocycles. The number of rotatable bonds is 6. The first-order chi connectivity index (χ1) is 14.9. The number of hydrogen-bond donors (Lipinski definition) is 2. The zero-order chi connectivity index (χ0) is 22.1. The van der Waals surface area contributed by atoms with Gasteiger partial charge in [-0.05, 0) is 48.4 Å². The third-order valence-electron chi connectivity index (χ3n) is 5.11. The van der Waals surface area contributed by atoms with Crippen molar-refractivity contribution in [3.05, 3.63) is 83.5 Å². The Hall–Kier alpha value is -3.13. The summed E-state index contributed by atoms with van der Waals surface area (Å²) in [6, 6.07) is 22.2. The molecule has 2 N–H and O–H groups in total. The number of fused-ring (bicyclic) bond motifs is 1. The number of nitrogens with zero attached hydrogens (tertiary/aromatic N) is 2. The van der Waals surface area contributed by atoms with E-state index in [1.165, 1.54) is 4.31 Å². The fraction of sp³-hybridized carbons (Fsp3) is 0.0870. The third-order valence-corrected chi connectivity index (χ3v) is 6.05. The molecule has 4 aromatic rings. The van der Waals surface area contributed by atoms with Crippen LogP contribution in [-0.2, 0) is 22.6 Å². The van der Waals surface area contributed by atoms with E-state index in [0.717, 1.165) is 11.1 Å². The lowest BCUT2D eigenvalue weighted by atomic mass is 10.1. The Morgan fingerprint density at radius 3 is 2.29 bits per heavy atom. The summed E-state index contributed by atoms with van der Waals surface area (Å²) in [5.41, 5.74) is 4.11. The zero-order valence-corrected chi connectivity index (χ0v) is 18.1. The van der Waals surface area contributed by atoms with Crippen molar-refractivity contribution in [2.24, 2.45) is 0 Å². The number of carbonyl (C=O) groups is 1. The van der Waals surface area contributed by atoms with Gasteiger partial charge in [0, 0.05) is 16.1 Å². The molecule has 1 heterocycles. The molecular weight excluding hydrogens is 436 g/mol. The van der Waals surface area contributed by atoms with Crippen LogP contribution in [0.4, 0.5) is 11.4 Å². The van der Waals surface area contributed by atoms with E-state index in [1.807, 2.05) is 42.5 Å². The third kappa shape index (κ3) is 4.07. The lowest BCUT2D eigenvalue weighted by Gasteiger charge is -2.21. The lowest BCUT2D eigenvalue weighted by Crippen LogP contribution is -2.20. The normalized spacial score (nSPS) is 12.1. The second-order valence-corrected chi connectivity index (χ2v) is 8.28. The van der Waals surface area contributed by atoms with Crippen LogP contribution in [0.25, 0.3) is 22.0 Å². The molecule has 3 aromatic carbocycles. The van der Waals surface area contributed by atoms with Crippen molar-refractivity contribution < 1.29 is 18.7 Å². The topological polar surface area (TPSA) is 82.8 Å². The van der Waals surface area contributed by atoms with Crippen molar-refractivity contribution in [3.8, 4) is 11.1 Å². The Morgan fingerprint density at radius 2 is 1.68 bits per heavy atom. The van der Waals surface area contributed by atoms with E-state index in [0.29, 0.717) is 33.0 Å². The molecule has 4 rings (SSSR count). The molecule has 1 unspecified atom stereocenters. The number of halogens is 1. The molecule has 0 bridgehead atoms. The minimum absolute atomic E-state index is 0.275. The largest absolute Gasteiger partial charge is 0.480 e. The van der Waals surface area contributed by atoms with Gasteiger partial charge < -0.3 is 9.67 Å². The quantitative estimate of drug-likeness (QED) is 0.370. The van der Waals surface area contributed by atoms with Gasteiger partial charge in [-0.1, -0.05) is 54.1 Å². The average molecular weight is 455 g/mol. The molecule has 0 radical (unpaired) electrons. The van der Waals surface area contributed by atoms with Crippen LogP contribution in [0.3, 0.4) is 0 Å². The Bertz CT molecular complexity index is 1290. The summed E-state index contributed by atoms with van der Waals surface area (Å²) < 4.78 is 25.5. The van der Waals surface area contributed by atoms with E-state index in [4.69, 9.17) is 11.6 Å². The van der Waals surface area contributed by atoms with E-state index >= 15 is 0 Å². The number of anilines is 2. The molecule has 0 spiro atoms. The van der Waals surface area contributed by atoms with Gasteiger partial charge in [-0.15, -0.1) is 0 Å². The standard InChI is InChI=1S/C23H19ClN2O4S/c1-15-23(20-13-18(24)9-12-21(20)25(15)14-22(27)28)26(31(29)30)19-10-7-17(8-11-19)16-5-3-2-4-6-16/h2-13H,14H2,1H3,(H,27,28)(H,29,30). The molecule has 6 nitrogen and oxygen atoms in total. The van der Waals surface area contributed by atoms with Crippen molar-refractivity contribution >= 4 is 51.1 Å². The van der Waals surface area contributed by atoms with Gasteiger partial charge in [0.05, 0.1) is 16.9 Å². The molecule has 8 heteroatoms. The van der Waals surface area contributed by atoms with Crippen molar-refractivity contribution in [3.63, 3.8) is 0 Å². The average Bonchev–Trinajstić information content (AvgIpc) is 3.00. The van der Waals surface area contributed by atoms with Crippen molar-refractivity contribution in [2.75, 3.05) is 4.31 Å². The van der Waals surface area contributed by atoms with Gasteiger partial charge in [0.25, 0.3) is 11.3 Å². The molecule has 0 fully saturated rings. The Kier molecular flexibility index (Phi) is 5.82. The second kappa shape index (κ2) is 8.55. The summed E-state index contributed by atoms with van der Waals surface area (Å²) in [5.74, 6) is -1.01. The number of carboxylic acid groups (broad SMARTS) is 1. The fourth-order valence-corrected chi connectivity index (χ4v) is 4.61. The first-order valence-corrected chi connectivity index (χ1v) is 10.9. The Balaban J connectivity index is 1.87. The number of hydrogen-bond acceptors (Lipinski definition) is 2. The lowest BCUT2D eigenvalue weighted by molar-refractivity contribution is -0.137. The number of aromatic nitrogens is 1. The van der Waals surface area contributed by atoms with Crippen LogP contribution in [0.1, 0.15) is 5.69 Å². The highest BCUT2D eigenvalue weighted by Crippen LogP contribution is 2.40. The number of carboxylic acids is 1. The van der Waals surface area contributed by atoms with Gasteiger partial charge in [0.15, 0.2) is 0 Å². The Morgan fingerprint density at radius 1 is 1.03 bits per heavy atom. The van der Waals surface area contributed by atoms with Crippen LogP contribution in [0.2, 0.25) is 5.02 Å². The monoisotopic (exact) mass is 454 g/mol. The van der Waals surface area contributed by atoms with Gasteiger partial charge in [-0.2, -0.15) is 0 Å². The van der Waals surface area contributed by atoms with Crippen LogP contribution in [-0.4, -0.2) is 24.4 Å². The summed E-state index contributed by atoms with van der Waals surface area (Å²) in [5, 5.41) is 10.4. The van der Waals surface area contributed by atoms with Crippen molar-refractivity contribution in [1.29, 1.82) is 0 Å². The fourth-order valence-electron chi connectivity index (χ4n) is 3.75. The first kappa shape index (κ1) is 21.1. The van der Waals surface area contributed by atoms with Gasteiger partial charge in [0.2, 0.25) is 0 Å². The summed E-state index contributed by atoms with van der Waals surface area (Å²) in [6.07, 6.45) is 0. The van der Waals surface area contributed by atoms with Crippen LogP contribution >= 0.6 is 11.6 Å². The number of aliphatic carboxylic acids is 1. The van der Waals surface area contributed by atoms with E-state index in [2.05, 4.69) is 0 Å². The van der Waals surface area contributed by atoms with Gasteiger partial charge in [-0.25, -0.2) is 8.51 Å². The SMILES string of the molecule is Cc1c(N(c2ccc(-c3ccccc3)cc2)S(=O)O)c2cc(Cl)ccc2n1CC(=O)O. The van der Waals surface area contributed by atoms with Gasteiger partial charge >= 0.3 is 5.97 Å². The predicted molar refractivity (Wildman–Crippen MR) is 124 cm³/mol. The molecule has 1 atom stereocenters. The van der Waals surface area contributed by atoms with E-state index in [9.17, 15) is 18.7 Å². The Labute approximate surface area is 186 Å². The van der Waals surface area contributed by atoms with Crippen LogP contribution in [0.15, 0.2) is 72.8 Å². The predicted octanol–water partition coefficient (Wildman–Crippen LogP) is 5.63. The minimum atomic E-state index is -2.40. The smallest absolute Gasteiger partial charge is 0.323 e. The van der Waals surface area contributed by atoms with E-state index in [1.54, 1.807) is 41.8 Å². The summed E-state index contributed by atoms with van der Waals surface area (Å²) >= 11 is 3.80. The zero-order valence-electron chi connectivity index (χ0n) is 16.5. The van der Waals surface area contributed by atoms with Crippen molar-refractivity contribution in [1.82, 2.24) is 4.57 Å². The van der Waals surface area contributed by atoms with Gasteiger partial charge in [-0.3, -0.25) is 9.35 Å². The summed E-state index contributed by atoms with van der Waals surface area (Å²) in [6.45, 7) is 1.45. The van der Waals surface area contributed by atoms with E-state index in [-0.39, 0.29) is 6.54 Å². The molecule has 31 heavy (non-hydrogen) atoms. The van der Waals surface area contributed by atoms with Gasteiger partial charge in [0.1, 0.15) is 6.54 Å². The van der Waals surface area contributed by atoms with E-state index < -0.39 is 17.2 Å². The molecule has 0 aliphatic heterocycles. The minimum Gasteiger partial charge on any atom is -0.480 e.